The first kappa shape index (κ1) is 11.4. The Labute approximate surface area is 84.5 Å². The maximum absolute atomic E-state index is 11.1. The minimum absolute atomic E-state index is 0.141. The molecular formula is C9H19N3O2. The van der Waals surface area contributed by atoms with E-state index in [0.29, 0.717) is 19.2 Å². The molecule has 0 aliphatic carbocycles. The molecule has 1 heterocycles. The van der Waals surface area contributed by atoms with Crippen molar-refractivity contribution in [3.63, 3.8) is 0 Å². The lowest BCUT2D eigenvalue weighted by molar-refractivity contribution is -0.126. The van der Waals surface area contributed by atoms with E-state index in [0.717, 1.165) is 13.0 Å². The summed E-state index contributed by atoms with van der Waals surface area (Å²) >= 11 is 0. The first-order chi connectivity index (χ1) is 6.67. The average molecular weight is 201 g/mol. The zero-order valence-corrected chi connectivity index (χ0v) is 8.82. The topological polar surface area (TPSA) is 67.6 Å². The van der Waals surface area contributed by atoms with Gasteiger partial charge in [-0.2, -0.15) is 0 Å². The minimum Gasteiger partial charge on any atom is -0.376 e. The van der Waals surface area contributed by atoms with Gasteiger partial charge in [-0.15, -0.1) is 0 Å². The summed E-state index contributed by atoms with van der Waals surface area (Å²) in [6.45, 7) is 5.97. The van der Waals surface area contributed by atoms with Gasteiger partial charge in [-0.3, -0.25) is 15.1 Å². The molecule has 1 rings (SSSR count). The number of hydrazine groups is 1. The summed E-state index contributed by atoms with van der Waals surface area (Å²) in [6.07, 6.45) is 1.19. The second-order valence-electron chi connectivity index (χ2n) is 3.70. The highest BCUT2D eigenvalue weighted by molar-refractivity contribution is 5.77. The minimum atomic E-state index is -0.141. The van der Waals surface area contributed by atoms with E-state index in [1.165, 1.54) is 0 Å². The van der Waals surface area contributed by atoms with Gasteiger partial charge in [0.2, 0.25) is 5.91 Å². The monoisotopic (exact) mass is 201 g/mol. The zero-order chi connectivity index (χ0) is 10.6. The first-order valence-corrected chi connectivity index (χ1v) is 5.02. The molecule has 0 saturated carbocycles. The lowest BCUT2D eigenvalue weighted by Gasteiger charge is -2.37. The lowest BCUT2D eigenvalue weighted by Crippen LogP contribution is -2.52. The van der Waals surface area contributed by atoms with Gasteiger partial charge in [0.1, 0.15) is 0 Å². The van der Waals surface area contributed by atoms with Gasteiger partial charge in [-0.1, -0.05) is 6.92 Å². The maximum Gasteiger partial charge on any atom is 0.248 e. The summed E-state index contributed by atoms with van der Waals surface area (Å²) in [5, 5.41) is 0. The summed E-state index contributed by atoms with van der Waals surface area (Å²) in [4.78, 5) is 13.3. The molecule has 0 aromatic carbocycles. The number of morpholine rings is 1. The number of amides is 1. The van der Waals surface area contributed by atoms with Gasteiger partial charge in [0, 0.05) is 12.6 Å². The molecule has 2 atom stereocenters. The van der Waals surface area contributed by atoms with Crippen LogP contribution in [0.15, 0.2) is 0 Å². The summed E-state index contributed by atoms with van der Waals surface area (Å²) in [5.41, 5.74) is 2.15. The highest BCUT2D eigenvalue weighted by Gasteiger charge is 2.26. The molecule has 1 aliphatic rings. The van der Waals surface area contributed by atoms with Crippen molar-refractivity contribution in [1.29, 1.82) is 0 Å². The third-order valence-electron chi connectivity index (χ3n) is 2.56. The Bertz CT molecular complexity index is 198. The Hall–Kier alpha value is -0.650. The Morgan fingerprint density at radius 3 is 3.00 bits per heavy atom. The Kier molecular flexibility index (Phi) is 4.31. The molecule has 0 spiro atoms. The third kappa shape index (κ3) is 2.94. The van der Waals surface area contributed by atoms with E-state index in [4.69, 9.17) is 10.6 Å². The molecule has 5 heteroatoms. The van der Waals surface area contributed by atoms with Crippen molar-refractivity contribution >= 4 is 5.91 Å². The van der Waals surface area contributed by atoms with Gasteiger partial charge < -0.3 is 4.74 Å². The summed E-state index contributed by atoms with van der Waals surface area (Å²) < 4.78 is 5.52. The molecule has 1 saturated heterocycles. The van der Waals surface area contributed by atoms with Crippen molar-refractivity contribution in [3.05, 3.63) is 0 Å². The van der Waals surface area contributed by atoms with Crippen LogP contribution >= 0.6 is 0 Å². The molecule has 1 amide bonds. The third-order valence-corrected chi connectivity index (χ3v) is 2.56. The lowest BCUT2D eigenvalue weighted by atomic mass is 10.1. The quantitative estimate of drug-likeness (QED) is 0.366. The van der Waals surface area contributed by atoms with Crippen molar-refractivity contribution in [2.24, 2.45) is 5.84 Å². The molecule has 0 aromatic heterocycles. The van der Waals surface area contributed by atoms with Gasteiger partial charge in [-0.05, 0) is 13.3 Å². The highest BCUT2D eigenvalue weighted by Crippen LogP contribution is 2.13. The molecule has 0 aromatic rings. The van der Waals surface area contributed by atoms with Crippen LogP contribution in [0.25, 0.3) is 0 Å². The summed E-state index contributed by atoms with van der Waals surface area (Å²) in [7, 11) is 0. The van der Waals surface area contributed by atoms with Gasteiger partial charge in [0.25, 0.3) is 0 Å². The molecule has 5 nitrogen and oxygen atoms in total. The van der Waals surface area contributed by atoms with E-state index in [-0.39, 0.29) is 12.0 Å². The SMILES string of the molecule is CCC1COC(C)CN1CC(=O)NN. The number of nitrogens with zero attached hydrogens (tertiary/aromatic N) is 1. The maximum atomic E-state index is 11.1. The highest BCUT2D eigenvalue weighted by atomic mass is 16.5. The van der Waals surface area contributed by atoms with Gasteiger partial charge in [0.15, 0.2) is 0 Å². The van der Waals surface area contributed by atoms with Crippen LogP contribution in [0.2, 0.25) is 0 Å². The first-order valence-electron chi connectivity index (χ1n) is 5.02. The van der Waals surface area contributed by atoms with Gasteiger partial charge in [0.05, 0.1) is 19.3 Å². The zero-order valence-electron chi connectivity index (χ0n) is 8.82. The Morgan fingerprint density at radius 2 is 2.43 bits per heavy atom. The van der Waals surface area contributed by atoms with Crippen LogP contribution in [0.3, 0.4) is 0 Å². The fourth-order valence-corrected chi connectivity index (χ4v) is 1.71. The molecule has 1 fully saturated rings. The van der Waals surface area contributed by atoms with Crippen molar-refractivity contribution in [1.82, 2.24) is 10.3 Å². The fraction of sp³-hybridized carbons (Fsp3) is 0.889. The number of carbonyl (C=O) groups is 1. The summed E-state index contributed by atoms with van der Waals surface area (Å²) in [6, 6.07) is 0.337. The molecule has 1 aliphatic heterocycles. The standard InChI is InChI=1S/C9H19N3O2/c1-3-8-6-14-7(2)4-12(8)5-9(13)11-10/h7-8H,3-6,10H2,1-2H3,(H,11,13). The smallest absolute Gasteiger partial charge is 0.248 e. The van der Waals surface area contributed by atoms with Gasteiger partial charge in [-0.25, -0.2) is 5.84 Å². The van der Waals surface area contributed by atoms with E-state index >= 15 is 0 Å². The van der Waals surface area contributed by atoms with Crippen molar-refractivity contribution in [3.8, 4) is 0 Å². The van der Waals surface area contributed by atoms with E-state index in [9.17, 15) is 4.79 Å². The van der Waals surface area contributed by atoms with Crippen LogP contribution in [-0.2, 0) is 9.53 Å². The number of hydrogen-bond acceptors (Lipinski definition) is 4. The van der Waals surface area contributed by atoms with Crippen molar-refractivity contribution in [2.45, 2.75) is 32.4 Å². The van der Waals surface area contributed by atoms with E-state index in [2.05, 4.69) is 17.2 Å². The van der Waals surface area contributed by atoms with Crippen LogP contribution in [0.1, 0.15) is 20.3 Å². The molecule has 0 radical (unpaired) electrons. The van der Waals surface area contributed by atoms with E-state index in [1.54, 1.807) is 0 Å². The fourth-order valence-electron chi connectivity index (χ4n) is 1.71. The molecule has 14 heavy (non-hydrogen) atoms. The van der Waals surface area contributed by atoms with Crippen LogP contribution < -0.4 is 11.3 Å². The predicted molar refractivity (Wildman–Crippen MR) is 53.4 cm³/mol. The second-order valence-corrected chi connectivity index (χ2v) is 3.70. The van der Waals surface area contributed by atoms with Crippen molar-refractivity contribution in [2.75, 3.05) is 19.7 Å². The molecular weight excluding hydrogens is 182 g/mol. The number of rotatable bonds is 3. The van der Waals surface area contributed by atoms with Crippen LogP contribution in [0.5, 0.6) is 0 Å². The number of hydrogen-bond donors (Lipinski definition) is 2. The predicted octanol–water partition coefficient (Wildman–Crippen LogP) is -0.524. The second kappa shape index (κ2) is 5.29. The van der Waals surface area contributed by atoms with Gasteiger partial charge >= 0.3 is 0 Å². The number of nitrogens with one attached hydrogen (secondary N) is 1. The molecule has 2 unspecified atom stereocenters. The van der Waals surface area contributed by atoms with Crippen LogP contribution in [0.4, 0.5) is 0 Å². The Balaban J connectivity index is 2.48. The largest absolute Gasteiger partial charge is 0.376 e. The molecule has 3 N–H and O–H groups in total. The average Bonchev–Trinajstić information content (AvgIpc) is 2.18. The Morgan fingerprint density at radius 1 is 1.71 bits per heavy atom. The number of carbonyl (C=O) groups excluding carboxylic acids is 1. The van der Waals surface area contributed by atoms with E-state index < -0.39 is 0 Å². The van der Waals surface area contributed by atoms with Crippen molar-refractivity contribution < 1.29 is 9.53 Å². The van der Waals surface area contributed by atoms with Crippen LogP contribution in [0, 0.1) is 0 Å². The normalized spacial score (nSPS) is 28.8. The summed E-state index contributed by atoms with van der Waals surface area (Å²) in [5.74, 6) is 4.91. The van der Waals surface area contributed by atoms with Crippen LogP contribution in [-0.4, -0.2) is 42.6 Å². The molecule has 0 bridgehead atoms. The number of nitrogens with two attached hydrogens (primary N) is 1. The number of ether oxygens (including phenoxy) is 1. The van der Waals surface area contributed by atoms with E-state index in [1.807, 2.05) is 6.92 Å². The molecule has 82 valence electrons.